The highest BCUT2D eigenvalue weighted by Crippen LogP contribution is 2.40. The van der Waals surface area contributed by atoms with Gasteiger partial charge in [-0.3, -0.25) is 0 Å². The van der Waals surface area contributed by atoms with E-state index in [1.165, 1.54) is 64.9 Å². The SMILES string of the molecule is C=CC1=C(NC2CCCC2)N(C)C(c2ccc(CC)cc2)C=C1C(C)C/C(C=C)=C(C)/C=C(/C)NC. The molecule has 36 heavy (non-hydrogen) atoms. The van der Waals surface area contributed by atoms with E-state index in [0.29, 0.717) is 12.0 Å². The van der Waals surface area contributed by atoms with E-state index in [1.54, 1.807) is 0 Å². The molecular formula is C33H47N3. The molecule has 3 nitrogen and oxygen atoms in total. The molecule has 0 bridgehead atoms. The zero-order chi connectivity index (χ0) is 26.2. The Morgan fingerprint density at radius 3 is 2.36 bits per heavy atom. The van der Waals surface area contributed by atoms with E-state index in [-0.39, 0.29) is 6.04 Å². The van der Waals surface area contributed by atoms with Gasteiger partial charge in [-0.1, -0.05) is 82.3 Å². The summed E-state index contributed by atoms with van der Waals surface area (Å²) in [5.41, 5.74) is 9.02. The third-order valence-electron chi connectivity index (χ3n) is 7.94. The van der Waals surface area contributed by atoms with Crippen molar-refractivity contribution < 1.29 is 0 Å². The van der Waals surface area contributed by atoms with Crippen molar-refractivity contribution in [1.82, 2.24) is 15.5 Å². The van der Waals surface area contributed by atoms with Gasteiger partial charge in [-0.25, -0.2) is 0 Å². The van der Waals surface area contributed by atoms with E-state index in [4.69, 9.17) is 0 Å². The highest BCUT2D eigenvalue weighted by molar-refractivity contribution is 5.49. The number of aryl methyl sites for hydroxylation is 1. The molecule has 2 atom stereocenters. The minimum Gasteiger partial charge on any atom is -0.392 e. The smallest absolute Gasteiger partial charge is 0.110 e. The predicted molar refractivity (Wildman–Crippen MR) is 157 cm³/mol. The Bertz CT molecular complexity index is 1040. The Hall–Kier alpha value is -2.94. The summed E-state index contributed by atoms with van der Waals surface area (Å²) in [6, 6.07) is 9.87. The summed E-state index contributed by atoms with van der Waals surface area (Å²) in [4.78, 5) is 2.42. The summed E-state index contributed by atoms with van der Waals surface area (Å²) in [7, 11) is 4.19. The molecule has 0 saturated heterocycles. The van der Waals surface area contributed by atoms with Gasteiger partial charge < -0.3 is 15.5 Å². The predicted octanol–water partition coefficient (Wildman–Crippen LogP) is 7.74. The maximum Gasteiger partial charge on any atom is 0.110 e. The fraction of sp³-hybridized carbons (Fsp3) is 0.455. The molecule has 0 aromatic heterocycles. The summed E-state index contributed by atoms with van der Waals surface area (Å²) in [5.74, 6) is 1.55. The Balaban J connectivity index is 2.04. The van der Waals surface area contributed by atoms with Crippen molar-refractivity contribution >= 4 is 0 Å². The lowest BCUT2D eigenvalue weighted by atomic mass is 9.82. The van der Waals surface area contributed by atoms with Crippen molar-refractivity contribution in [1.29, 1.82) is 0 Å². The first-order valence-corrected chi connectivity index (χ1v) is 13.7. The standard InChI is InChI=1S/C33H47N3/c1-9-26-16-18-28(19-17-26)32-22-31(24(5)21-27(10-2)23(4)20-25(6)34-7)30(11-3)33(36(32)8)35-29-14-12-13-15-29/h10-11,16-20,22,24,29,32,34-35H,2-3,9,12-15,21H2,1,4-8H3/b25-20-,27-23+. The Morgan fingerprint density at radius 1 is 1.14 bits per heavy atom. The van der Waals surface area contributed by atoms with E-state index >= 15 is 0 Å². The van der Waals surface area contributed by atoms with Crippen LogP contribution >= 0.6 is 0 Å². The molecular weight excluding hydrogens is 438 g/mol. The van der Waals surface area contributed by atoms with Crippen molar-refractivity contribution in [3.63, 3.8) is 0 Å². The van der Waals surface area contributed by atoms with E-state index in [2.05, 4.69) is 106 Å². The Kier molecular flexibility index (Phi) is 9.87. The molecule has 2 aliphatic rings. The van der Waals surface area contributed by atoms with Crippen molar-refractivity contribution in [2.24, 2.45) is 5.92 Å². The number of nitrogens with zero attached hydrogens (tertiary/aromatic N) is 1. The van der Waals surface area contributed by atoms with Crippen molar-refractivity contribution in [3.8, 4) is 0 Å². The number of benzene rings is 1. The summed E-state index contributed by atoms with van der Waals surface area (Å²) in [6.45, 7) is 17.3. The number of likely N-dealkylation sites (N-methyl/N-ethyl adjacent to an activating group) is 1. The molecule has 1 aromatic carbocycles. The Morgan fingerprint density at radius 2 is 1.81 bits per heavy atom. The topological polar surface area (TPSA) is 27.3 Å². The minimum absolute atomic E-state index is 0.185. The third-order valence-corrected chi connectivity index (χ3v) is 7.94. The fourth-order valence-corrected chi connectivity index (χ4v) is 5.53. The van der Waals surface area contributed by atoms with Crippen LogP contribution in [-0.4, -0.2) is 25.0 Å². The van der Waals surface area contributed by atoms with Gasteiger partial charge in [-0.15, -0.1) is 0 Å². The molecule has 2 unspecified atom stereocenters. The molecule has 0 amide bonds. The second-order valence-corrected chi connectivity index (χ2v) is 10.5. The highest BCUT2D eigenvalue weighted by atomic mass is 15.3. The van der Waals surface area contributed by atoms with Gasteiger partial charge in [-0.05, 0) is 79.4 Å². The zero-order valence-corrected chi connectivity index (χ0v) is 23.5. The van der Waals surface area contributed by atoms with Crippen molar-refractivity contribution in [3.05, 3.63) is 107 Å². The van der Waals surface area contributed by atoms with E-state index in [1.807, 2.05) is 13.1 Å². The lowest BCUT2D eigenvalue weighted by Gasteiger charge is -2.39. The average molecular weight is 486 g/mol. The van der Waals surface area contributed by atoms with E-state index < -0.39 is 0 Å². The molecule has 0 radical (unpaired) electrons. The van der Waals surface area contributed by atoms with Crippen molar-refractivity contribution in [2.45, 2.75) is 78.3 Å². The molecule has 1 fully saturated rings. The third kappa shape index (κ3) is 6.43. The average Bonchev–Trinajstić information content (AvgIpc) is 3.41. The van der Waals surface area contributed by atoms with Crippen LogP contribution < -0.4 is 10.6 Å². The normalized spacial score (nSPS) is 20.6. The number of allylic oxidation sites excluding steroid dienone is 8. The molecule has 194 valence electrons. The molecule has 1 aromatic rings. The number of hydrogen-bond acceptors (Lipinski definition) is 3. The van der Waals surface area contributed by atoms with Crippen LogP contribution in [0.4, 0.5) is 0 Å². The lowest BCUT2D eigenvalue weighted by Crippen LogP contribution is -2.39. The van der Waals surface area contributed by atoms with E-state index in [0.717, 1.165) is 18.5 Å². The lowest BCUT2D eigenvalue weighted by molar-refractivity contribution is 0.306. The monoisotopic (exact) mass is 485 g/mol. The molecule has 1 aliphatic heterocycles. The maximum absolute atomic E-state index is 4.27. The number of hydrogen-bond donors (Lipinski definition) is 2. The quantitative estimate of drug-likeness (QED) is 0.314. The molecule has 1 saturated carbocycles. The van der Waals surface area contributed by atoms with Gasteiger partial charge in [0.2, 0.25) is 0 Å². The second kappa shape index (κ2) is 12.9. The summed E-state index contributed by atoms with van der Waals surface area (Å²) in [6.07, 6.45) is 15.9. The fourth-order valence-electron chi connectivity index (χ4n) is 5.53. The summed E-state index contributed by atoms with van der Waals surface area (Å²) < 4.78 is 0. The second-order valence-electron chi connectivity index (χ2n) is 10.5. The van der Waals surface area contributed by atoms with Crippen LogP contribution in [0.5, 0.6) is 0 Å². The van der Waals surface area contributed by atoms with Gasteiger partial charge in [0.15, 0.2) is 0 Å². The van der Waals surface area contributed by atoms with Gasteiger partial charge in [0, 0.05) is 31.4 Å². The molecule has 2 N–H and O–H groups in total. The van der Waals surface area contributed by atoms with Gasteiger partial charge in [0.25, 0.3) is 0 Å². The van der Waals surface area contributed by atoms with Crippen LogP contribution in [0.25, 0.3) is 0 Å². The van der Waals surface area contributed by atoms with Crippen molar-refractivity contribution in [2.75, 3.05) is 14.1 Å². The largest absolute Gasteiger partial charge is 0.392 e. The van der Waals surface area contributed by atoms with Gasteiger partial charge in [-0.2, -0.15) is 0 Å². The first-order chi connectivity index (χ1) is 17.3. The first kappa shape index (κ1) is 27.6. The van der Waals surface area contributed by atoms with Gasteiger partial charge in [0.05, 0.1) is 6.04 Å². The summed E-state index contributed by atoms with van der Waals surface area (Å²) >= 11 is 0. The van der Waals surface area contributed by atoms with Crippen LogP contribution in [0.3, 0.4) is 0 Å². The van der Waals surface area contributed by atoms with Crippen LogP contribution in [-0.2, 0) is 6.42 Å². The van der Waals surface area contributed by atoms with Crippen LogP contribution in [0, 0.1) is 5.92 Å². The molecule has 0 spiro atoms. The maximum atomic E-state index is 4.27. The summed E-state index contributed by atoms with van der Waals surface area (Å²) in [5, 5.41) is 7.17. The van der Waals surface area contributed by atoms with Crippen LogP contribution in [0.1, 0.15) is 77.0 Å². The van der Waals surface area contributed by atoms with Crippen LogP contribution in [0.15, 0.2) is 95.5 Å². The molecule has 1 heterocycles. The first-order valence-electron chi connectivity index (χ1n) is 13.7. The zero-order valence-electron chi connectivity index (χ0n) is 23.5. The van der Waals surface area contributed by atoms with Gasteiger partial charge in [0.1, 0.15) is 5.82 Å². The highest BCUT2D eigenvalue weighted by Gasteiger charge is 2.30. The van der Waals surface area contributed by atoms with Crippen LogP contribution in [0.2, 0.25) is 0 Å². The number of nitrogens with one attached hydrogen (secondary N) is 2. The van der Waals surface area contributed by atoms with Gasteiger partial charge >= 0.3 is 0 Å². The minimum atomic E-state index is 0.185. The molecule has 3 heteroatoms. The molecule has 1 aliphatic carbocycles. The number of rotatable bonds is 11. The molecule has 3 rings (SSSR count). The Labute approximate surface area is 220 Å². The van der Waals surface area contributed by atoms with E-state index in [9.17, 15) is 0 Å².